The van der Waals surface area contributed by atoms with Gasteiger partial charge in [-0.25, -0.2) is 0 Å². The molecule has 1 amide bonds. The van der Waals surface area contributed by atoms with Gasteiger partial charge in [0.25, 0.3) is 5.91 Å². The third-order valence-corrected chi connectivity index (χ3v) is 3.15. The number of pyridine rings is 1. The molecule has 0 saturated heterocycles. The minimum atomic E-state index is -0.490. The Balaban J connectivity index is 1.94. The van der Waals surface area contributed by atoms with E-state index in [2.05, 4.69) is 4.98 Å². The van der Waals surface area contributed by atoms with Crippen LogP contribution in [0.5, 0.6) is 5.75 Å². The number of primary amides is 1. The number of nitrogens with zero attached hydrogens (tertiary/aromatic N) is 1. The van der Waals surface area contributed by atoms with Crippen LogP contribution in [0.25, 0.3) is 22.0 Å². The van der Waals surface area contributed by atoms with Crippen molar-refractivity contribution in [3.05, 3.63) is 60.8 Å². The number of amides is 1. The molecule has 21 heavy (non-hydrogen) atoms. The lowest BCUT2D eigenvalue weighted by atomic mass is 10.0. The first-order chi connectivity index (χ1) is 10.2. The first-order valence-corrected chi connectivity index (χ1v) is 6.59. The van der Waals surface area contributed by atoms with Gasteiger partial charge in [-0.05, 0) is 35.4 Å². The van der Waals surface area contributed by atoms with Gasteiger partial charge in [0.15, 0.2) is 6.61 Å². The maximum atomic E-state index is 10.8. The zero-order chi connectivity index (χ0) is 14.7. The molecule has 0 aliphatic rings. The summed E-state index contributed by atoms with van der Waals surface area (Å²) in [6.07, 6.45) is 1.78. The molecule has 2 N–H and O–H groups in total. The number of nitrogens with two attached hydrogens (primary N) is 1. The average molecular weight is 278 g/mol. The predicted octanol–water partition coefficient (Wildman–Crippen LogP) is 2.77. The van der Waals surface area contributed by atoms with Gasteiger partial charge in [-0.1, -0.05) is 30.3 Å². The Bertz CT molecular complexity index is 799. The summed E-state index contributed by atoms with van der Waals surface area (Å²) in [5.74, 6) is 0.128. The minimum absolute atomic E-state index is 0.122. The summed E-state index contributed by atoms with van der Waals surface area (Å²) >= 11 is 0. The third-order valence-electron chi connectivity index (χ3n) is 3.15. The smallest absolute Gasteiger partial charge is 0.255 e. The number of ether oxygens (including phenoxy) is 1. The molecule has 1 aromatic heterocycles. The SMILES string of the molecule is NC(=O)COc1cccc(-c2ccc3cccnc3c2)c1. The molecule has 0 bridgehead atoms. The van der Waals surface area contributed by atoms with Crippen molar-refractivity contribution in [2.45, 2.75) is 0 Å². The Labute approximate surface area is 122 Å². The molecule has 0 unspecified atom stereocenters. The highest BCUT2D eigenvalue weighted by Gasteiger charge is 2.03. The Morgan fingerprint density at radius 2 is 1.90 bits per heavy atom. The molecule has 4 heteroatoms. The molecule has 0 fully saturated rings. The molecule has 3 rings (SSSR count). The van der Waals surface area contributed by atoms with Gasteiger partial charge < -0.3 is 10.5 Å². The fourth-order valence-corrected chi connectivity index (χ4v) is 2.17. The van der Waals surface area contributed by atoms with Gasteiger partial charge in [-0.3, -0.25) is 9.78 Å². The number of aromatic nitrogens is 1. The van der Waals surface area contributed by atoms with Crippen molar-refractivity contribution in [2.24, 2.45) is 5.73 Å². The van der Waals surface area contributed by atoms with E-state index in [1.807, 2.05) is 48.5 Å². The number of hydrogen-bond acceptors (Lipinski definition) is 3. The van der Waals surface area contributed by atoms with Crippen LogP contribution >= 0.6 is 0 Å². The Morgan fingerprint density at radius 1 is 1.05 bits per heavy atom. The van der Waals surface area contributed by atoms with Crippen LogP contribution in [0, 0.1) is 0 Å². The molecule has 0 spiro atoms. The van der Waals surface area contributed by atoms with E-state index in [9.17, 15) is 4.79 Å². The molecule has 0 aliphatic carbocycles. The second kappa shape index (κ2) is 5.63. The lowest BCUT2D eigenvalue weighted by molar-refractivity contribution is -0.119. The zero-order valence-corrected chi connectivity index (χ0v) is 11.3. The van der Waals surface area contributed by atoms with Gasteiger partial charge in [0.05, 0.1) is 5.52 Å². The molecular formula is C17H14N2O2. The number of benzene rings is 2. The van der Waals surface area contributed by atoms with Gasteiger partial charge in [0.1, 0.15) is 5.75 Å². The van der Waals surface area contributed by atoms with Crippen LogP contribution in [0.3, 0.4) is 0 Å². The fourth-order valence-electron chi connectivity index (χ4n) is 2.17. The summed E-state index contributed by atoms with van der Waals surface area (Å²) < 4.78 is 5.33. The van der Waals surface area contributed by atoms with E-state index in [0.717, 1.165) is 22.0 Å². The Kier molecular flexibility index (Phi) is 3.51. The predicted molar refractivity (Wildman–Crippen MR) is 81.9 cm³/mol. The van der Waals surface area contributed by atoms with Crippen LogP contribution in [0.4, 0.5) is 0 Å². The summed E-state index contributed by atoms with van der Waals surface area (Å²) in [4.78, 5) is 15.1. The van der Waals surface area contributed by atoms with Gasteiger partial charge in [0, 0.05) is 11.6 Å². The largest absolute Gasteiger partial charge is 0.484 e. The molecule has 104 valence electrons. The number of carbonyl (C=O) groups is 1. The van der Waals surface area contributed by atoms with Crippen molar-refractivity contribution in [1.82, 2.24) is 4.98 Å². The first-order valence-electron chi connectivity index (χ1n) is 6.59. The van der Waals surface area contributed by atoms with Crippen molar-refractivity contribution in [1.29, 1.82) is 0 Å². The summed E-state index contributed by atoms with van der Waals surface area (Å²) in [6, 6.07) is 17.6. The second-order valence-electron chi connectivity index (χ2n) is 4.69. The van der Waals surface area contributed by atoms with Crippen LogP contribution in [0.2, 0.25) is 0 Å². The quantitative estimate of drug-likeness (QED) is 0.798. The Morgan fingerprint density at radius 3 is 2.76 bits per heavy atom. The summed E-state index contributed by atoms with van der Waals surface area (Å²) in [5.41, 5.74) is 8.07. The van der Waals surface area contributed by atoms with Crippen molar-refractivity contribution < 1.29 is 9.53 Å². The van der Waals surface area contributed by atoms with Crippen molar-refractivity contribution in [3.63, 3.8) is 0 Å². The van der Waals surface area contributed by atoms with E-state index in [0.29, 0.717) is 5.75 Å². The number of fused-ring (bicyclic) bond motifs is 1. The molecule has 4 nitrogen and oxygen atoms in total. The summed E-state index contributed by atoms with van der Waals surface area (Å²) in [5, 5.41) is 1.10. The highest BCUT2D eigenvalue weighted by atomic mass is 16.5. The second-order valence-corrected chi connectivity index (χ2v) is 4.69. The van der Waals surface area contributed by atoms with E-state index >= 15 is 0 Å². The average Bonchev–Trinajstić information content (AvgIpc) is 2.53. The molecule has 2 aromatic carbocycles. The van der Waals surface area contributed by atoms with Gasteiger partial charge in [-0.2, -0.15) is 0 Å². The molecule has 0 aliphatic heterocycles. The van der Waals surface area contributed by atoms with E-state index in [1.54, 1.807) is 12.3 Å². The molecule has 0 atom stereocenters. The van der Waals surface area contributed by atoms with Crippen LogP contribution < -0.4 is 10.5 Å². The first kappa shape index (κ1) is 13.1. The maximum absolute atomic E-state index is 10.8. The lowest BCUT2D eigenvalue weighted by Crippen LogP contribution is -2.19. The zero-order valence-electron chi connectivity index (χ0n) is 11.3. The molecule has 3 aromatic rings. The van der Waals surface area contributed by atoms with Gasteiger partial charge >= 0.3 is 0 Å². The topological polar surface area (TPSA) is 65.2 Å². The van der Waals surface area contributed by atoms with Crippen molar-refractivity contribution in [2.75, 3.05) is 6.61 Å². The van der Waals surface area contributed by atoms with Crippen molar-refractivity contribution >= 4 is 16.8 Å². The number of carbonyl (C=O) groups excluding carboxylic acids is 1. The molecular weight excluding hydrogens is 264 g/mol. The van der Waals surface area contributed by atoms with E-state index in [1.165, 1.54) is 0 Å². The van der Waals surface area contributed by atoms with E-state index in [4.69, 9.17) is 10.5 Å². The third kappa shape index (κ3) is 3.00. The van der Waals surface area contributed by atoms with Crippen LogP contribution in [-0.2, 0) is 4.79 Å². The van der Waals surface area contributed by atoms with Crippen LogP contribution in [0.1, 0.15) is 0 Å². The summed E-state index contributed by atoms with van der Waals surface area (Å²) in [6.45, 7) is -0.122. The standard InChI is InChI=1S/C17H14N2O2/c18-17(20)11-21-15-5-1-3-13(9-15)14-7-6-12-4-2-8-19-16(12)10-14/h1-10H,11H2,(H2,18,20). The minimum Gasteiger partial charge on any atom is -0.484 e. The maximum Gasteiger partial charge on any atom is 0.255 e. The van der Waals surface area contributed by atoms with Crippen LogP contribution in [0.15, 0.2) is 60.8 Å². The van der Waals surface area contributed by atoms with Crippen LogP contribution in [-0.4, -0.2) is 17.5 Å². The van der Waals surface area contributed by atoms with E-state index < -0.39 is 5.91 Å². The van der Waals surface area contributed by atoms with Gasteiger partial charge in [-0.15, -0.1) is 0 Å². The molecule has 0 radical (unpaired) electrons. The van der Waals surface area contributed by atoms with Gasteiger partial charge in [0.2, 0.25) is 0 Å². The fraction of sp³-hybridized carbons (Fsp3) is 0.0588. The monoisotopic (exact) mass is 278 g/mol. The van der Waals surface area contributed by atoms with E-state index in [-0.39, 0.29) is 6.61 Å². The van der Waals surface area contributed by atoms with Crippen molar-refractivity contribution in [3.8, 4) is 16.9 Å². The highest BCUT2D eigenvalue weighted by molar-refractivity contribution is 5.84. The lowest BCUT2D eigenvalue weighted by Gasteiger charge is -2.07. The number of hydrogen-bond donors (Lipinski definition) is 1. The highest BCUT2D eigenvalue weighted by Crippen LogP contribution is 2.26. The summed E-state index contributed by atoms with van der Waals surface area (Å²) in [7, 11) is 0. The normalized spacial score (nSPS) is 10.5. The number of rotatable bonds is 4. The Hall–Kier alpha value is -2.88. The molecule has 0 saturated carbocycles. The molecule has 1 heterocycles.